The van der Waals surface area contributed by atoms with Gasteiger partial charge in [0.1, 0.15) is 0 Å². The summed E-state index contributed by atoms with van der Waals surface area (Å²) in [5, 5.41) is 12.9. The average Bonchev–Trinajstić information content (AvgIpc) is 2.15. The summed E-state index contributed by atoms with van der Waals surface area (Å²) in [6.45, 7) is 15.3. The van der Waals surface area contributed by atoms with Crippen molar-refractivity contribution in [3.8, 4) is 0 Å². The van der Waals surface area contributed by atoms with Crippen molar-refractivity contribution in [1.29, 1.82) is 0 Å². The summed E-state index contributed by atoms with van der Waals surface area (Å²) in [5.41, 5.74) is 0.150. The normalized spacial score (nSPS) is 18.2. The molecule has 2 unspecified atom stereocenters. The zero-order valence-corrected chi connectivity index (χ0v) is 12.8. The molecule has 2 N–H and O–H groups in total. The second kappa shape index (κ2) is 6.72. The molecule has 0 saturated carbocycles. The second-order valence-corrected chi connectivity index (χ2v) is 6.78. The molecule has 0 fully saturated rings. The molecule has 0 aliphatic carbocycles. The van der Waals surface area contributed by atoms with Crippen molar-refractivity contribution in [2.24, 2.45) is 5.41 Å². The molecule has 17 heavy (non-hydrogen) atoms. The summed E-state index contributed by atoms with van der Waals surface area (Å²) in [6, 6.07) is 0.463. The maximum Gasteiger partial charge on any atom is 0.0611 e. The summed E-state index contributed by atoms with van der Waals surface area (Å²) in [4.78, 5) is 2.38. The first-order valence-electron chi connectivity index (χ1n) is 6.69. The summed E-state index contributed by atoms with van der Waals surface area (Å²) in [6.07, 6.45) is 0.962. The van der Waals surface area contributed by atoms with Crippen LogP contribution in [-0.4, -0.2) is 48.3 Å². The summed E-state index contributed by atoms with van der Waals surface area (Å²) < 4.78 is 0. The third-order valence-electron chi connectivity index (χ3n) is 3.17. The fraction of sp³-hybridized carbons (Fsp3) is 1.00. The Labute approximate surface area is 108 Å². The number of hydrogen-bond acceptors (Lipinski definition) is 3. The van der Waals surface area contributed by atoms with Gasteiger partial charge in [-0.1, -0.05) is 27.7 Å². The maximum atomic E-state index is 9.50. The minimum absolute atomic E-state index is 0.166. The zero-order chi connectivity index (χ0) is 13.7. The van der Waals surface area contributed by atoms with E-state index in [1.165, 1.54) is 0 Å². The zero-order valence-electron chi connectivity index (χ0n) is 12.8. The van der Waals surface area contributed by atoms with E-state index < -0.39 is 0 Å². The molecule has 0 saturated heterocycles. The first-order chi connectivity index (χ1) is 7.63. The van der Waals surface area contributed by atoms with Gasteiger partial charge in [-0.3, -0.25) is 0 Å². The predicted octanol–water partition coefficient (Wildman–Crippen LogP) is 2.10. The van der Waals surface area contributed by atoms with Gasteiger partial charge >= 0.3 is 0 Å². The largest absolute Gasteiger partial charge is 0.394 e. The Morgan fingerprint density at radius 2 is 1.76 bits per heavy atom. The highest BCUT2D eigenvalue weighted by molar-refractivity contribution is 4.87. The van der Waals surface area contributed by atoms with Gasteiger partial charge in [-0.15, -0.1) is 0 Å². The maximum absolute atomic E-state index is 9.50. The highest BCUT2D eigenvalue weighted by Crippen LogP contribution is 2.20. The fourth-order valence-corrected chi connectivity index (χ4v) is 2.33. The van der Waals surface area contributed by atoms with Crippen molar-refractivity contribution in [3.05, 3.63) is 0 Å². The van der Waals surface area contributed by atoms with Crippen LogP contribution in [0.25, 0.3) is 0 Å². The van der Waals surface area contributed by atoms with Crippen LogP contribution in [0.2, 0.25) is 0 Å². The second-order valence-electron chi connectivity index (χ2n) is 6.78. The molecule has 0 aliphatic rings. The fourth-order valence-electron chi connectivity index (χ4n) is 2.33. The molecule has 0 heterocycles. The molecule has 3 nitrogen and oxygen atoms in total. The SMILES string of the molecule is CCNC(C)(CO)CC(C)N(C)CC(C)(C)C. The number of aliphatic hydroxyl groups excluding tert-OH is 1. The number of aliphatic hydroxyl groups is 1. The predicted molar refractivity (Wildman–Crippen MR) is 75.3 cm³/mol. The van der Waals surface area contributed by atoms with Crippen LogP contribution in [0.1, 0.15) is 48.0 Å². The summed E-state index contributed by atoms with van der Waals surface area (Å²) in [5.74, 6) is 0. The van der Waals surface area contributed by atoms with E-state index in [4.69, 9.17) is 0 Å². The van der Waals surface area contributed by atoms with Crippen molar-refractivity contribution in [2.45, 2.75) is 59.5 Å². The van der Waals surface area contributed by atoms with Crippen molar-refractivity contribution in [2.75, 3.05) is 26.7 Å². The van der Waals surface area contributed by atoms with Crippen molar-refractivity contribution < 1.29 is 5.11 Å². The van der Waals surface area contributed by atoms with Gasteiger partial charge in [0.15, 0.2) is 0 Å². The Kier molecular flexibility index (Phi) is 6.67. The van der Waals surface area contributed by atoms with E-state index in [2.05, 4.69) is 58.8 Å². The average molecular weight is 244 g/mol. The third-order valence-corrected chi connectivity index (χ3v) is 3.17. The standard InChI is InChI=1S/C14H32N2O/c1-8-15-14(6,11-17)9-12(2)16(7)10-13(3,4)5/h12,15,17H,8-11H2,1-7H3. The lowest BCUT2D eigenvalue weighted by molar-refractivity contribution is 0.110. The number of likely N-dealkylation sites (N-methyl/N-ethyl adjacent to an activating group) is 1. The monoisotopic (exact) mass is 244 g/mol. The van der Waals surface area contributed by atoms with Gasteiger partial charge < -0.3 is 15.3 Å². The Bertz CT molecular complexity index is 213. The van der Waals surface area contributed by atoms with E-state index in [0.29, 0.717) is 11.5 Å². The quantitative estimate of drug-likeness (QED) is 0.720. The molecular formula is C14H32N2O. The molecule has 0 aromatic rings. The molecule has 0 rings (SSSR count). The van der Waals surface area contributed by atoms with Crippen LogP contribution >= 0.6 is 0 Å². The van der Waals surface area contributed by atoms with Gasteiger partial charge in [-0.05, 0) is 39.3 Å². The molecule has 0 radical (unpaired) electrons. The van der Waals surface area contributed by atoms with Crippen molar-refractivity contribution in [1.82, 2.24) is 10.2 Å². The van der Waals surface area contributed by atoms with Gasteiger partial charge in [0.05, 0.1) is 6.61 Å². The minimum Gasteiger partial charge on any atom is -0.394 e. The molecule has 104 valence electrons. The first-order valence-corrected chi connectivity index (χ1v) is 6.69. The number of nitrogens with zero attached hydrogens (tertiary/aromatic N) is 1. The third kappa shape index (κ3) is 7.02. The van der Waals surface area contributed by atoms with Crippen LogP contribution < -0.4 is 5.32 Å². The van der Waals surface area contributed by atoms with E-state index in [9.17, 15) is 5.11 Å². The molecule has 0 aliphatic heterocycles. The molecule has 2 atom stereocenters. The highest BCUT2D eigenvalue weighted by atomic mass is 16.3. The van der Waals surface area contributed by atoms with Crippen LogP contribution in [-0.2, 0) is 0 Å². The number of nitrogens with one attached hydrogen (secondary N) is 1. The van der Waals surface area contributed by atoms with E-state index in [-0.39, 0.29) is 12.1 Å². The van der Waals surface area contributed by atoms with Gasteiger partial charge in [0.2, 0.25) is 0 Å². The molecule has 0 spiro atoms. The molecule has 3 heteroatoms. The van der Waals surface area contributed by atoms with Crippen LogP contribution in [0.5, 0.6) is 0 Å². The van der Waals surface area contributed by atoms with Crippen LogP contribution in [0, 0.1) is 5.41 Å². The molecular weight excluding hydrogens is 212 g/mol. The van der Waals surface area contributed by atoms with Crippen LogP contribution in [0.4, 0.5) is 0 Å². The van der Waals surface area contributed by atoms with Gasteiger partial charge in [-0.25, -0.2) is 0 Å². The molecule has 0 aromatic heterocycles. The highest BCUT2D eigenvalue weighted by Gasteiger charge is 2.27. The van der Waals surface area contributed by atoms with Crippen LogP contribution in [0.3, 0.4) is 0 Å². The lowest BCUT2D eigenvalue weighted by Gasteiger charge is -2.37. The minimum atomic E-state index is -0.166. The lowest BCUT2D eigenvalue weighted by Crippen LogP contribution is -2.50. The first kappa shape index (κ1) is 16.9. The molecule has 0 amide bonds. The van der Waals surface area contributed by atoms with Gasteiger partial charge in [0.25, 0.3) is 0 Å². The summed E-state index contributed by atoms with van der Waals surface area (Å²) >= 11 is 0. The van der Waals surface area contributed by atoms with E-state index in [1.807, 2.05) is 0 Å². The Morgan fingerprint density at radius 3 is 2.12 bits per heavy atom. The molecule has 0 bridgehead atoms. The van der Waals surface area contributed by atoms with Crippen LogP contribution in [0.15, 0.2) is 0 Å². The van der Waals surface area contributed by atoms with E-state index >= 15 is 0 Å². The van der Waals surface area contributed by atoms with Gasteiger partial charge in [-0.2, -0.15) is 0 Å². The molecule has 0 aromatic carbocycles. The van der Waals surface area contributed by atoms with E-state index in [0.717, 1.165) is 19.5 Å². The number of hydrogen-bond donors (Lipinski definition) is 2. The Morgan fingerprint density at radius 1 is 1.24 bits per heavy atom. The summed E-state index contributed by atoms with van der Waals surface area (Å²) in [7, 11) is 2.17. The number of rotatable bonds is 7. The van der Waals surface area contributed by atoms with E-state index in [1.54, 1.807) is 0 Å². The smallest absolute Gasteiger partial charge is 0.0611 e. The lowest BCUT2D eigenvalue weighted by atomic mass is 9.91. The van der Waals surface area contributed by atoms with Crippen molar-refractivity contribution in [3.63, 3.8) is 0 Å². The topological polar surface area (TPSA) is 35.5 Å². The van der Waals surface area contributed by atoms with Gasteiger partial charge in [0, 0.05) is 18.1 Å². The van der Waals surface area contributed by atoms with Crippen molar-refractivity contribution >= 4 is 0 Å². The Hall–Kier alpha value is -0.120. The Balaban J connectivity index is 4.35.